The first kappa shape index (κ1) is 25.3. The van der Waals surface area contributed by atoms with E-state index in [0.29, 0.717) is 23.8 Å². The predicted octanol–water partition coefficient (Wildman–Crippen LogP) is 4.34. The van der Waals surface area contributed by atoms with E-state index >= 15 is 0 Å². The highest BCUT2D eigenvalue weighted by Crippen LogP contribution is 2.33. The second-order valence-electron chi connectivity index (χ2n) is 7.62. The van der Waals surface area contributed by atoms with Gasteiger partial charge in [0.2, 0.25) is 0 Å². The van der Waals surface area contributed by atoms with Crippen LogP contribution in [0.5, 0.6) is 0 Å². The van der Waals surface area contributed by atoms with Crippen molar-refractivity contribution in [1.29, 1.82) is 0 Å². The molecule has 0 saturated heterocycles. The molecule has 1 heterocycles. The summed E-state index contributed by atoms with van der Waals surface area (Å²) in [4.78, 5) is 22.0. The second-order valence-corrected chi connectivity index (χ2v) is 10.9. The molecular formula is C22H28ClN3O3S2. The van der Waals surface area contributed by atoms with Crippen molar-refractivity contribution in [1.82, 2.24) is 9.88 Å². The third-order valence-corrected chi connectivity index (χ3v) is 7.84. The maximum Gasteiger partial charge on any atom is 0.260 e. The molecule has 0 spiro atoms. The first-order valence-electron chi connectivity index (χ1n) is 9.79. The first-order valence-corrected chi connectivity index (χ1v) is 12.3. The summed E-state index contributed by atoms with van der Waals surface area (Å²) >= 11 is 1.49. The molecule has 2 aromatic carbocycles. The molecule has 0 bridgehead atoms. The number of fused-ring (bicyclic) bond motifs is 1. The number of sulfone groups is 1. The Kier molecular flexibility index (Phi) is 8.21. The summed E-state index contributed by atoms with van der Waals surface area (Å²) in [5, 5.41) is 0.620. The summed E-state index contributed by atoms with van der Waals surface area (Å²) < 4.78 is 25.6. The molecule has 0 atom stereocenters. The summed E-state index contributed by atoms with van der Waals surface area (Å²) in [6.07, 6.45) is 0. The van der Waals surface area contributed by atoms with Crippen LogP contribution in [0.1, 0.15) is 28.4 Å². The van der Waals surface area contributed by atoms with Gasteiger partial charge in [0.15, 0.2) is 15.0 Å². The van der Waals surface area contributed by atoms with Crippen molar-refractivity contribution < 1.29 is 13.2 Å². The highest BCUT2D eigenvalue weighted by Gasteiger charge is 2.23. The van der Waals surface area contributed by atoms with Crippen LogP contribution in [0.2, 0.25) is 0 Å². The van der Waals surface area contributed by atoms with Gasteiger partial charge in [-0.2, -0.15) is 0 Å². The number of thiazole rings is 1. The van der Waals surface area contributed by atoms with Crippen molar-refractivity contribution in [3.63, 3.8) is 0 Å². The number of aromatic nitrogens is 1. The van der Waals surface area contributed by atoms with Crippen LogP contribution in [0.25, 0.3) is 10.2 Å². The zero-order chi connectivity index (χ0) is 22.1. The summed E-state index contributed by atoms with van der Waals surface area (Å²) in [6.45, 7) is 6.78. The van der Waals surface area contributed by atoms with Crippen LogP contribution in [0.3, 0.4) is 0 Å². The van der Waals surface area contributed by atoms with Crippen molar-refractivity contribution in [3.8, 4) is 0 Å². The number of benzene rings is 2. The number of hydrogen-bond acceptors (Lipinski definition) is 6. The van der Waals surface area contributed by atoms with Crippen LogP contribution in [0.15, 0.2) is 41.3 Å². The molecule has 0 fully saturated rings. The van der Waals surface area contributed by atoms with Crippen LogP contribution in [-0.4, -0.2) is 57.1 Å². The minimum absolute atomic E-state index is 0. The van der Waals surface area contributed by atoms with Crippen molar-refractivity contribution >= 4 is 54.8 Å². The van der Waals surface area contributed by atoms with Gasteiger partial charge in [-0.1, -0.05) is 30.4 Å². The zero-order valence-electron chi connectivity index (χ0n) is 18.4. The quantitative estimate of drug-likeness (QED) is 0.502. The van der Waals surface area contributed by atoms with Gasteiger partial charge in [-0.25, -0.2) is 13.4 Å². The lowest BCUT2D eigenvalue weighted by atomic mass is 10.1. The van der Waals surface area contributed by atoms with E-state index in [1.807, 2.05) is 38.9 Å². The van der Waals surface area contributed by atoms with Crippen molar-refractivity contribution in [2.75, 3.05) is 37.8 Å². The van der Waals surface area contributed by atoms with E-state index in [1.54, 1.807) is 24.0 Å². The van der Waals surface area contributed by atoms with Gasteiger partial charge in [0.25, 0.3) is 5.91 Å². The molecule has 3 rings (SSSR count). The van der Waals surface area contributed by atoms with Gasteiger partial charge in [0.05, 0.1) is 20.9 Å². The monoisotopic (exact) mass is 481 g/mol. The minimum Gasteiger partial charge on any atom is -0.308 e. The van der Waals surface area contributed by atoms with E-state index in [0.717, 1.165) is 21.3 Å². The maximum atomic E-state index is 13.4. The molecule has 0 saturated carbocycles. The first-order chi connectivity index (χ1) is 14.1. The second kappa shape index (κ2) is 10.1. The highest BCUT2D eigenvalue weighted by molar-refractivity contribution is 7.91. The van der Waals surface area contributed by atoms with Crippen molar-refractivity contribution in [2.45, 2.75) is 25.7 Å². The SMILES string of the molecule is CCS(=O)(=O)c1cccc(C(=O)N(CCN(C)C)c2nc3cc(C)cc(C)c3s2)c1.Cl. The van der Waals surface area contributed by atoms with E-state index < -0.39 is 9.84 Å². The summed E-state index contributed by atoms with van der Waals surface area (Å²) in [5.41, 5.74) is 3.47. The van der Waals surface area contributed by atoms with E-state index in [4.69, 9.17) is 4.98 Å². The van der Waals surface area contributed by atoms with Crippen LogP contribution in [0, 0.1) is 13.8 Å². The Morgan fingerprint density at radius 1 is 1.10 bits per heavy atom. The Labute approximate surface area is 194 Å². The number of aryl methyl sites for hydroxylation is 2. The third-order valence-electron chi connectivity index (χ3n) is 4.88. The standard InChI is InChI=1S/C22H27N3O3S2.ClH/c1-6-30(27,28)18-9-7-8-17(14-18)21(26)25(11-10-24(4)5)22-23-19-13-15(2)12-16(3)20(19)29-22;/h7-9,12-14H,6,10-11H2,1-5H3;1H. The van der Waals surface area contributed by atoms with Gasteiger partial charge < -0.3 is 4.90 Å². The molecule has 31 heavy (non-hydrogen) atoms. The number of nitrogens with zero attached hydrogens (tertiary/aromatic N) is 3. The summed E-state index contributed by atoms with van der Waals surface area (Å²) in [6, 6.07) is 10.4. The Morgan fingerprint density at radius 3 is 2.45 bits per heavy atom. The molecule has 9 heteroatoms. The lowest BCUT2D eigenvalue weighted by Gasteiger charge is -2.22. The molecule has 1 aromatic heterocycles. The topological polar surface area (TPSA) is 70.6 Å². The Hall–Kier alpha value is -2.00. The molecule has 0 radical (unpaired) electrons. The molecular weight excluding hydrogens is 454 g/mol. The van der Waals surface area contributed by atoms with Crippen LogP contribution in [-0.2, 0) is 9.84 Å². The van der Waals surface area contributed by atoms with Gasteiger partial charge in [0, 0.05) is 18.7 Å². The largest absolute Gasteiger partial charge is 0.308 e. The highest BCUT2D eigenvalue weighted by atomic mass is 35.5. The molecule has 0 unspecified atom stereocenters. The molecule has 3 aromatic rings. The number of rotatable bonds is 7. The number of likely N-dealkylation sites (N-methyl/N-ethyl adjacent to an activating group) is 1. The maximum absolute atomic E-state index is 13.4. The number of carbonyl (C=O) groups excluding carboxylic acids is 1. The molecule has 6 nitrogen and oxygen atoms in total. The Morgan fingerprint density at radius 2 is 1.81 bits per heavy atom. The fraction of sp³-hybridized carbons (Fsp3) is 0.364. The molecule has 0 N–H and O–H groups in total. The van der Waals surface area contributed by atoms with E-state index in [-0.39, 0.29) is 29.0 Å². The number of hydrogen-bond donors (Lipinski definition) is 0. The third kappa shape index (κ3) is 5.63. The molecule has 1 amide bonds. The fourth-order valence-electron chi connectivity index (χ4n) is 3.21. The normalized spacial score (nSPS) is 11.5. The van der Waals surface area contributed by atoms with Gasteiger partial charge in [-0.15, -0.1) is 12.4 Å². The van der Waals surface area contributed by atoms with Crippen LogP contribution in [0.4, 0.5) is 5.13 Å². The van der Waals surface area contributed by atoms with Gasteiger partial charge in [-0.05, 0) is 63.3 Å². The minimum atomic E-state index is -3.39. The Bertz CT molecular complexity index is 1190. The van der Waals surface area contributed by atoms with Crippen molar-refractivity contribution in [3.05, 3.63) is 53.1 Å². The van der Waals surface area contributed by atoms with Gasteiger partial charge in [0.1, 0.15) is 0 Å². The number of anilines is 1. The lowest BCUT2D eigenvalue weighted by molar-refractivity contribution is 0.0985. The van der Waals surface area contributed by atoms with E-state index in [2.05, 4.69) is 6.07 Å². The van der Waals surface area contributed by atoms with Crippen LogP contribution >= 0.6 is 23.7 Å². The number of carbonyl (C=O) groups is 1. The lowest BCUT2D eigenvalue weighted by Crippen LogP contribution is -2.36. The van der Waals surface area contributed by atoms with E-state index in [9.17, 15) is 13.2 Å². The zero-order valence-corrected chi connectivity index (χ0v) is 20.8. The Balaban J connectivity index is 0.00000341. The predicted molar refractivity (Wildman–Crippen MR) is 131 cm³/mol. The molecule has 0 aliphatic heterocycles. The van der Waals surface area contributed by atoms with Crippen molar-refractivity contribution in [2.24, 2.45) is 0 Å². The smallest absolute Gasteiger partial charge is 0.260 e. The molecule has 0 aliphatic carbocycles. The van der Waals surface area contributed by atoms with Gasteiger partial charge >= 0.3 is 0 Å². The van der Waals surface area contributed by atoms with Gasteiger partial charge in [-0.3, -0.25) is 9.69 Å². The number of amides is 1. The summed E-state index contributed by atoms with van der Waals surface area (Å²) in [7, 11) is 0.502. The molecule has 168 valence electrons. The average molecular weight is 482 g/mol. The van der Waals surface area contributed by atoms with Crippen LogP contribution < -0.4 is 4.90 Å². The number of halogens is 1. The fourth-order valence-corrected chi connectivity index (χ4v) is 5.18. The molecule has 0 aliphatic rings. The van der Waals surface area contributed by atoms with E-state index in [1.165, 1.54) is 23.5 Å². The average Bonchev–Trinajstić information content (AvgIpc) is 3.12. The summed E-state index contributed by atoms with van der Waals surface area (Å²) in [5.74, 6) is -0.260.